The van der Waals surface area contributed by atoms with Crippen molar-refractivity contribution in [3.8, 4) is 0 Å². The minimum absolute atomic E-state index is 0.123. The van der Waals surface area contributed by atoms with E-state index < -0.39 is 6.04 Å². The molecular formula is C26H37N5O3. The largest absolute Gasteiger partial charge is 0.383 e. The summed E-state index contributed by atoms with van der Waals surface area (Å²) in [5, 5.41) is 5.91. The van der Waals surface area contributed by atoms with Gasteiger partial charge in [-0.05, 0) is 37.4 Å². The first-order valence-corrected chi connectivity index (χ1v) is 13.0. The van der Waals surface area contributed by atoms with Crippen LogP contribution in [0.3, 0.4) is 0 Å². The van der Waals surface area contributed by atoms with E-state index in [0.717, 1.165) is 56.4 Å². The molecule has 1 unspecified atom stereocenters. The number of hydrogen-bond donors (Lipinski definition) is 2. The van der Waals surface area contributed by atoms with Gasteiger partial charge in [-0.15, -0.1) is 0 Å². The Kier molecular flexibility index (Phi) is 7.15. The quantitative estimate of drug-likeness (QED) is 0.570. The summed E-state index contributed by atoms with van der Waals surface area (Å²) >= 11 is 0. The number of imide groups is 1. The third kappa shape index (κ3) is 5.13. The molecule has 2 N–H and O–H groups in total. The van der Waals surface area contributed by atoms with Gasteiger partial charge < -0.3 is 15.1 Å². The molecular weight excluding hydrogens is 430 g/mol. The van der Waals surface area contributed by atoms with Gasteiger partial charge in [0.25, 0.3) is 5.91 Å². The van der Waals surface area contributed by atoms with Gasteiger partial charge >= 0.3 is 0 Å². The molecule has 0 radical (unpaired) electrons. The lowest BCUT2D eigenvalue weighted by Gasteiger charge is -2.35. The molecule has 3 amide bonds. The number of carbonyl (C=O) groups excluding carboxylic acids is 3. The SMILES string of the molecule is O=C1CCC(N2Cc3c(NCCN4CCN(CCC5CCCC5)CC4)cccc3C2=O)C(=O)N1. The molecule has 0 spiro atoms. The predicted molar refractivity (Wildman–Crippen MR) is 130 cm³/mol. The predicted octanol–water partition coefficient (Wildman–Crippen LogP) is 2.06. The minimum atomic E-state index is -0.574. The fourth-order valence-electron chi connectivity index (χ4n) is 6.00. The molecule has 3 heterocycles. The van der Waals surface area contributed by atoms with Crippen LogP contribution >= 0.6 is 0 Å². The Morgan fingerprint density at radius 2 is 1.68 bits per heavy atom. The maximum Gasteiger partial charge on any atom is 0.255 e. The lowest BCUT2D eigenvalue weighted by molar-refractivity contribution is -0.136. The van der Waals surface area contributed by atoms with Gasteiger partial charge in [0.15, 0.2) is 0 Å². The maximum atomic E-state index is 13.0. The standard InChI is InChI=1S/C26H37N5O3/c32-24-9-8-23(25(33)28-24)31-18-21-20(26(31)34)6-3-7-22(21)27-11-13-30-16-14-29(15-17-30)12-10-19-4-1-2-5-19/h3,6-7,19,23,27H,1-2,4-5,8-18H2,(H,28,32,33). The average molecular weight is 468 g/mol. The maximum absolute atomic E-state index is 13.0. The normalized spacial score (nSPS) is 24.5. The molecule has 1 saturated carbocycles. The molecule has 0 bridgehead atoms. The van der Waals surface area contributed by atoms with Crippen molar-refractivity contribution in [1.82, 2.24) is 20.0 Å². The van der Waals surface area contributed by atoms with E-state index in [-0.39, 0.29) is 24.1 Å². The first-order valence-electron chi connectivity index (χ1n) is 13.0. The lowest BCUT2D eigenvalue weighted by Crippen LogP contribution is -2.52. The molecule has 1 atom stereocenters. The van der Waals surface area contributed by atoms with Gasteiger partial charge in [-0.2, -0.15) is 0 Å². The second-order valence-electron chi connectivity index (χ2n) is 10.3. The number of piperazine rings is 1. The Balaban J connectivity index is 1.09. The zero-order chi connectivity index (χ0) is 23.5. The number of piperidine rings is 1. The van der Waals surface area contributed by atoms with Gasteiger partial charge in [0.05, 0.1) is 0 Å². The van der Waals surface area contributed by atoms with Crippen LogP contribution in [0.1, 0.15) is 60.9 Å². The van der Waals surface area contributed by atoms with Crippen molar-refractivity contribution in [2.24, 2.45) is 5.92 Å². The number of nitrogens with zero attached hydrogens (tertiary/aromatic N) is 3. The summed E-state index contributed by atoms with van der Waals surface area (Å²) in [6.07, 6.45) is 7.76. The van der Waals surface area contributed by atoms with Crippen LogP contribution in [-0.4, -0.2) is 84.3 Å². The van der Waals surface area contributed by atoms with E-state index in [4.69, 9.17) is 0 Å². The van der Waals surface area contributed by atoms with Crippen molar-refractivity contribution in [2.45, 2.75) is 57.5 Å². The van der Waals surface area contributed by atoms with Gasteiger partial charge in [-0.3, -0.25) is 24.6 Å². The molecule has 3 aliphatic heterocycles. The van der Waals surface area contributed by atoms with E-state index in [2.05, 4.69) is 20.4 Å². The molecule has 8 nitrogen and oxygen atoms in total. The molecule has 8 heteroatoms. The summed E-state index contributed by atoms with van der Waals surface area (Å²) in [6, 6.07) is 5.17. The van der Waals surface area contributed by atoms with Crippen LogP contribution in [-0.2, 0) is 16.1 Å². The number of benzene rings is 1. The smallest absolute Gasteiger partial charge is 0.255 e. The van der Waals surface area contributed by atoms with Crippen LogP contribution in [0.2, 0.25) is 0 Å². The number of carbonyl (C=O) groups is 3. The van der Waals surface area contributed by atoms with Gasteiger partial charge in [0, 0.05) is 69.0 Å². The van der Waals surface area contributed by atoms with Crippen molar-refractivity contribution >= 4 is 23.4 Å². The van der Waals surface area contributed by atoms with Crippen molar-refractivity contribution < 1.29 is 14.4 Å². The Hall–Kier alpha value is -2.45. The Labute approximate surface area is 202 Å². The van der Waals surface area contributed by atoms with Crippen molar-refractivity contribution in [3.05, 3.63) is 29.3 Å². The molecule has 5 rings (SSSR count). The molecule has 1 aromatic rings. The topological polar surface area (TPSA) is 85.0 Å². The van der Waals surface area contributed by atoms with Crippen molar-refractivity contribution in [2.75, 3.05) is 51.1 Å². The molecule has 184 valence electrons. The van der Waals surface area contributed by atoms with Gasteiger partial charge in [0.2, 0.25) is 11.8 Å². The number of rotatable bonds is 8. The molecule has 34 heavy (non-hydrogen) atoms. The molecule has 1 aliphatic carbocycles. The van der Waals surface area contributed by atoms with Crippen LogP contribution < -0.4 is 10.6 Å². The number of amides is 3. The molecule has 3 fully saturated rings. The molecule has 4 aliphatic rings. The van der Waals surface area contributed by atoms with Crippen LogP contribution in [0.5, 0.6) is 0 Å². The summed E-state index contributed by atoms with van der Waals surface area (Å²) in [7, 11) is 0. The zero-order valence-corrected chi connectivity index (χ0v) is 20.1. The number of hydrogen-bond acceptors (Lipinski definition) is 6. The van der Waals surface area contributed by atoms with Gasteiger partial charge in [0.1, 0.15) is 6.04 Å². The van der Waals surface area contributed by atoms with Gasteiger partial charge in [-0.25, -0.2) is 0 Å². The average Bonchev–Trinajstić information content (AvgIpc) is 3.47. The highest BCUT2D eigenvalue weighted by Gasteiger charge is 2.39. The molecule has 2 saturated heterocycles. The number of anilines is 1. The van der Waals surface area contributed by atoms with Crippen molar-refractivity contribution in [1.29, 1.82) is 0 Å². The Morgan fingerprint density at radius 3 is 2.41 bits per heavy atom. The van der Waals surface area contributed by atoms with E-state index >= 15 is 0 Å². The van der Waals surface area contributed by atoms with E-state index in [1.165, 1.54) is 38.6 Å². The van der Waals surface area contributed by atoms with Crippen LogP contribution in [0.25, 0.3) is 0 Å². The highest BCUT2D eigenvalue weighted by Crippen LogP contribution is 2.32. The van der Waals surface area contributed by atoms with E-state index in [1.54, 1.807) is 4.90 Å². The zero-order valence-electron chi connectivity index (χ0n) is 20.1. The third-order valence-corrected chi connectivity index (χ3v) is 8.12. The minimum Gasteiger partial charge on any atom is -0.383 e. The number of nitrogens with one attached hydrogen (secondary N) is 2. The summed E-state index contributed by atoms with van der Waals surface area (Å²) < 4.78 is 0. The summed E-state index contributed by atoms with van der Waals surface area (Å²) in [4.78, 5) is 43.5. The Morgan fingerprint density at radius 1 is 0.941 bits per heavy atom. The number of fused-ring (bicyclic) bond motifs is 1. The monoisotopic (exact) mass is 467 g/mol. The highest BCUT2D eigenvalue weighted by atomic mass is 16.2. The highest BCUT2D eigenvalue weighted by molar-refractivity contribution is 6.06. The fourth-order valence-corrected chi connectivity index (χ4v) is 6.00. The van der Waals surface area contributed by atoms with Crippen molar-refractivity contribution in [3.63, 3.8) is 0 Å². The third-order valence-electron chi connectivity index (χ3n) is 8.12. The van der Waals surface area contributed by atoms with Gasteiger partial charge in [-0.1, -0.05) is 31.7 Å². The van der Waals surface area contributed by atoms with Crippen LogP contribution in [0, 0.1) is 5.92 Å². The summed E-state index contributed by atoms with van der Waals surface area (Å²) in [5.74, 6) is 0.214. The molecule has 1 aromatic carbocycles. The Bertz CT molecular complexity index is 921. The second-order valence-corrected chi connectivity index (χ2v) is 10.3. The lowest BCUT2D eigenvalue weighted by atomic mass is 10.0. The fraction of sp³-hybridized carbons (Fsp3) is 0.654. The summed E-state index contributed by atoms with van der Waals surface area (Å²) in [5.41, 5.74) is 2.58. The van der Waals surface area contributed by atoms with E-state index in [1.807, 2.05) is 18.2 Å². The second kappa shape index (κ2) is 10.4. The van der Waals surface area contributed by atoms with E-state index in [0.29, 0.717) is 18.5 Å². The van der Waals surface area contributed by atoms with Crippen LogP contribution in [0.15, 0.2) is 18.2 Å². The van der Waals surface area contributed by atoms with Crippen LogP contribution in [0.4, 0.5) is 5.69 Å². The van der Waals surface area contributed by atoms with E-state index in [9.17, 15) is 14.4 Å². The molecule has 0 aromatic heterocycles. The summed E-state index contributed by atoms with van der Waals surface area (Å²) in [6.45, 7) is 8.00. The first kappa shape index (κ1) is 23.3. The first-order chi connectivity index (χ1) is 16.6.